The lowest BCUT2D eigenvalue weighted by molar-refractivity contribution is -0.124. The zero-order valence-corrected chi connectivity index (χ0v) is 12.0. The number of hydrogen-bond acceptors (Lipinski definition) is 3. The van der Waals surface area contributed by atoms with E-state index in [-0.39, 0.29) is 5.91 Å². The van der Waals surface area contributed by atoms with Gasteiger partial charge in [-0.15, -0.1) is 0 Å². The molecule has 0 radical (unpaired) electrons. The number of carbonyl (C=O) groups is 1. The van der Waals surface area contributed by atoms with Crippen LogP contribution in [0.15, 0.2) is 0 Å². The molecule has 1 atom stereocenters. The van der Waals surface area contributed by atoms with Gasteiger partial charge in [-0.2, -0.15) is 0 Å². The molecular formula is C13H29N3O. The van der Waals surface area contributed by atoms with Crippen molar-refractivity contribution in [3.63, 3.8) is 0 Å². The lowest BCUT2D eigenvalue weighted by atomic mass is 9.96. The maximum absolute atomic E-state index is 11.5. The number of likely N-dealkylation sites (N-methyl/N-ethyl adjacent to an activating group) is 1. The molecule has 0 aliphatic carbocycles. The van der Waals surface area contributed by atoms with E-state index in [1.807, 2.05) is 13.8 Å². The molecule has 0 spiro atoms. The predicted octanol–water partition coefficient (Wildman–Crippen LogP) is 1.21. The number of nitrogens with one attached hydrogen (secondary N) is 1. The van der Waals surface area contributed by atoms with Crippen molar-refractivity contribution in [2.45, 2.75) is 46.6 Å². The molecule has 0 aliphatic rings. The van der Waals surface area contributed by atoms with Crippen molar-refractivity contribution in [3.05, 3.63) is 0 Å². The van der Waals surface area contributed by atoms with Crippen molar-refractivity contribution < 1.29 is 4.79 Å². The average Bonchev–Trinajstić information content (AvgIpc) is 2.23. The molecule has 0 fully saturated rings. The van der Waals surface area contributed by atoms with Gasteiger partial charge in [0.1, 0.15) is 0 Å². The van der Waals surface area contributed by atoms with E-state index in [4.69, 9.17) is 5.73 Å². The summed E-state index contributed by atoms with van der Waals surface area (Å²) in [5, 5.41) is 3.19. The Morgan fingerprint density at radius 2 is 2.00 bits per heavy atom. The van der Waals surface area contributed by atoms with Crippen molar-refractivity contribution in [1.29, 1.82) is 0 Å². The second-order valence-corrected chi connectivity index (χ2v) is 5.26. The van der Waals surface area contributed by atoms with Crippen LogP contribution in [-0.4, -0.2) is 42.5 Å². The highest BCUT2D eigenvalue weighted by molar-refractivity contribution is 5.84. The molecule has 4 nitrogen and oxygen atoms in total. The van der Waals surface area contributed by atoms with E-state index in [1.54, 1.807) is 0 Å². The minimum Gasteiger partial charge on any atom is -0.368 e. The molecular weight excluding hydrogens is 214 g/mol. The van der Waals surface area contributed by atoms with E-state index in [0.29, 0.717) is 5.92 Å². The average molecular weight is 243 g/mol. The molecule has 1 unspecified atom stereocenters. The highest BCUT2D eigenvalue weighted by atomic mass is 16.1. The summed E-state index contributed by atoms with van der Waals surface area (Å²) < 4.78 is 0. The number of hydrogen-bond donors (Lipinski definition) is 2. The molecule has 102 valence electrons. The molecule has 1 amide bonds. The monoisotopic (exact) mass is 243 g/mol. The number of rotatable bonds is 9. The quantitative estimate of drug-likeness (QED) is 0.640. The summed E-state index contributed by atoms with van der Waals surface area (Å²) in [5.41, 5.74) is 4.88. The van der Waals surface area contributed by atoms with Gasteiger partial charge in [0, 0.05) is 13.1 Å². The molecule has 0 aliphatic heterocycles. The van der Waals surface area contributed by atoms with Crippen LogP contribution in [0.5, 0.6) is 0 Å². The van der Waals surface area contributed by atoms with Crippen molar-refractivity contribution in [1.82, 2.24) is 10.2 Å². The first-order valence-electron chi connectivity index (χ1n) is 6.63. The van der Waals surface area contributed by atoms with E-state index < -0.39 is 5.54 Å². The molecule has 0 heterocycles. The third-order valence-electron chi connectivity index (χ3n) is 3.11. The zero-order chi connectivity index (χ0) is 13.5. The maximum Gasteiger partial charge on any atom is 0.237 e. The van der Waals surface area contributed by atoms with Crippen LogP contribution in [0, 0.1) is 5.92 Å². The minimum absolute atomic E-state index is 0.264. The van der Waals surface area contributed by atoms with Crippen LogP contribution < -0.4 is 11.1 Å². The lowest BCUT2D eigenvalue weighted by Crippen LogP contribution is -2.54. The summed E-state index contributed by atoms with van der Waals surface area (Å²) in [5.74, 6) is 0.383. The van der Waals surface area contributed by atoms with Crippen LogP contribution in [0.4, 0.5) is 0 Å². The summed E-state index contributed by atoms with van der Waals surface area (Å²) in [4.78, 5) is 13.8. The van der Waals surface area contributed by atoms with Crippen LogP contribution in [0.1, 0.15) is 41.0 Å². The number of amides is 1. The molecule has 0 aromatic carbocycles. The Balaban J connectivity index is 4.32. The number of primary amides is 1. The standard InChI is InChI=1S/C13H29N3O/c1-6-15-13(5,12(14)17)8-9-16(7-2)10-11(3)4/h11,15H,6-10H2,1-5H3,(H2,14,17). The number of nitrogens with two attached hydrogens (primary N) is 1. The fourth-order valence-electron chi connectivity index (χ4n) is 1.97. The summed E-state index contributed by atoms with van der Waals surface area (Å²) in [6.07, 6.45) is 0.761. The van der Waals surface area contributed by atoms with E-state index in [2.05, 4.69) is 31.0 Å². The molecule has 17 heavy (non-hydrogen) atoms. The maximum atomic E-state index is 11.5. The van der Waals surface area contributed by atoms with E-state index >= 15 is 0 Å². The third-order valence-corrected chi connectivity index (χ3v) is 3.11. The highest BCUT2D eigenvalue weighted by Crippen LogP contribution is 2.11. The molecule has 0 saturated carbocycles. The Morgan fingerprint density at radius 1 is 1.41 bits per heavy atom. The Hall–Kier alpha value is -0.610. The Labute approximate surface area is 106 Å². The SMILES string of the molecule is CCNC(C)(CCN(CC)CC(C)C)C(N)=O. The first-order valence-corrected chi connectivity index (χ1v) is 6.63. The molecule has 0 rings (SSSR count). The second-order valence-electron chi connectivity index (χ2n) is 5.26. The highest BCUT2D eigenvalue weighted by Gasteiger charge is 2.29. The smallest absolute Gasteiger partial charge is 0.237 e. The number of nitrogens with zero attached hydrogens (tertiary/aromatic N) is 1. The fourth-order valence-corrected chi connectivity index (χ4v) is 1.97. The first-order chi connectivity index (χ1) is 7.85. The van der Waals surface area contributed by atoms with Gasteiger partial charge in [-0.3, -0.25) is 4.79 Å². The molecule has 0 aromatic heterocycles. The Morgan fingerprint density at radius 3 is 2.35 bits per heavy atom. The van der Waals surface area contributed by atoms with Crippen molar-refractivity contribution in [2.75, 3.05) is 26.2 Å². The Bertz CT molecular complexity index is 231. The fraction of sp³-hybridized carbons (Fsp3) is 0.923. The topological polar surface area (TPSA) is 58.4 Å². The van der Waals surface area contributed by atoms with Gasteiger partial charge < -0.3 is 16.0 Å². The van der Waals surface area contributed by atoms with Crippen LogP contribution in [0.25, 0.3) is 0 Å². The van der Waals surface area contributed by atoms with Crippen LogP contribution in [0.3, 0.4) is 0 Å². The molecule has 0 saturated heterocycles. The van der Waals surface area contributed by atoms with Gasteiger partial charge in [-0.25, -0.2) is 0 Å². The van der Waals surface area contributed by atoms with Crippen molar-refractivity contribution in [2.24, 2.45) is 11.7 Å². The molecule has 3 N–H and O–H groups in total. The number of carbonyl (C=O) groups excluding carboxylic acids is 1. The largest absolute Gasteiger partial charge is 0.368 e. The minimum atomic E-state index is -0.584. The summed E-state index contributed by atoms with van der Waals surface area (Å²) in [7, 11) is 0. The second kappa shape index (κ2) is 7.67. The van der Waals surface area contributed by atoms with Gasteiger partial charge in [-0.1, -0.05) is 27.7 Å². The molecule has 4 heteroatoms. The van der Waals surface area contributed by atoms with Crippen LogP contribution in [-0.2, 0) is 4.79 Å². The van der Waals surface area contributed by atoms with Gasteiger partial charge in [0.05, 0.1) is 5.54 Å². The van der Waals surface area contributed by atoms with E-state index in [1.165, 1.54) is 0 Å². The summed E-state index contributed by atoms with van der Waals surface area (Å²) in [6.45, 7) is 14.2. The van der Waals surface area contributed by atoms with Gasteiger partial charge in [0.25, 0.3) is 0 Å². The van der Waals surface area contributed by atoms with Gasteiger partial charge in [0.2, 0.25) is 5.91 Å². The van der Waals surface area contributed by atoms with Gasteiger partial charge >= 0.3 is 0 Å². The van der Waals surface area contributed by atoms with Crippen molar-refractivity contribution >= 4 is 5.91 Å². The first kappa shape index (κ1) is 16.4. The van der Waals surface area contributed by atoms with Gasteiger partial charge in [-0.05, 0) is 32.4 Å². The van der Waals surface area contributed by atoms with Gasteiger partial charge in [0.15, 0.2) is 0 Å². The summed E-state index contributed by atoms with van der Waals surface area (Å²) in [6, 6.07) is 0. The van der Waals surface area contributed by atoms with Crippen LogP contribution in [0.2, 0.25) is 0 Å². The molecule has 0 aromatic rings. The third kappa shape index (κ3) is 6.03. The molecule has 0 bridgehead atoms. The van der Waals surface area contributed by atoms with Crippen molar-refractivity contribution in [3.8, 4) is 0 Å². The summed E-state index contributed by atoms with van der Waals surface area (Å²) >= 11 is 0. The lowest BCUT2D eigenvalue weighted by Gasteiger charge is -2.31. The Kier molecular flexibility index (Phi) is 7.39. The van der Waals surface area contributed by atoms with Crippen LogP contribution >= 0.6 is 0 Å². The normalized spacial score (nSPS) is 15.2. The van der Waals surface area contributed by atoms with E-state index in [9.17, 15) is 4.79 Å². The van der Waals surface area contributed by atoms with E-state index in [0.717, 1.165) is 32.6 Å². The zero-order valence-electron chi connectivity index (χ0n) is 12.0. The predicted molar refractivity (Wildman–Crippen MR) is 72.8 cm³/mol.